The average Bonchev–Trinajstić information content (AvgIpc) is 2.84. The van der Waals surface area contributed by atoms with Crippen molar-refractivity contribution in [2.45, 2.75) is 51.6 Å². The zero-order valence-electron chi connectivity index (χ0n) is 14.0. The molecule has 2 aliphatic rings. The standard InChI is InChI=1S/C19H22ClNO3/c1-3-18(22)17-11-13(20)5-8-16(17)12-9-14-6-7-15(10-12)21(14)19(23)24-4-2/h5,8-9,11,14-15H,3-4,6-7,10H2,1-2H3. The molecular formula is C19H22ClNO3. The number of rotatable bonds is 4. The normalized spacial score (nSPS) is 22.3. The number of nitrogens with zero attached hydrogens (tertiary/aromatic N) is 1. The summed E-state index contributed by atoms with van der Waals surface area (Å²) >= 11 is 6.08. The molecule has 5 heteroatoms. The third kappa shape index (κ3) is 3.07. The highest BCUT2D eigenvalue weighted by Crippen LogP contribution is 2.40. The maximum absolute atomic E-state index is 12.3. The molecule has 3 rings (SSSR count). The van der Waals surface area contributed by atoms with Gasteiger partial charge in [0, 0.05) is 23.0 Å². The van der Waals surface area contributed by atoms with Gasteiger partial charge in [-0.25, -0.2) is 4.79 Å². The fourth-order valence-electron chi connectivity index (χ4n) is 3.73. The number of hydrogen-bond donors (Lipinski definition) is 0. The van der Waals surface area contributed by atoms with Crippen LogP contribution >= 0.6 is 11.6 Å². The first-order chi connectivity index (χ1) is 11.5. The highest BCUT2D eigenvalue weighted by molar-refractivity contribution is 6.31. The molecule has 2 aliphatic heterocycles. The van der Waals surface area contributed by atoms with E-state index in [1.807, 2.05) is 30.9 Å². The molecule has 0 spiro atoms. The summed E-state index contributed by atoms with van der Waals surface area (Å²) in [5.41, 5.74) is 2.77. The predicted molar refractivity (Wildman–Crippen MR) is 94.3 cm³/mol. The highest BCUT2D eigenvalue weighted by atomic mass is 35.5. The Morgan fingerprint density at radius 1 is 1.29 bits per heavy atom. The minimum atomic E-state index is -0.235. The number of ether oxygens (including phenoxy) is 1. The minimum absolute atomic E-state index is 0.0538. The zero-order valence-corrected chi connectivity index (χ0v) is 14.8. The lowest BCUT2D eigenvalue weighted by Crippen LogP contribution is -2.43. The molecular weight excluding hydrogens is 326 g/mol. The van der Waals surface area contributed by atoms with Crippen molar-refractivity contribution in [1.29, 1.82) is 0 Å². The molecule has 128 valence electrons. The van der Waals surface area contributed by atoms with Crippen molar-refractivity contribution >= 4 is 29.1 Å². The van der Waals surface area contributed by atoms with Crippen LogP contribution in [0, 0.1) is 0 Å². The average molecular weight is 348 g/mol. The van der Waals surface area contributed by atoms with Crippen molar-refractivity contribution < 1.29 is 14.3 Å². The van der Waals surface area contributed by atoms with Gasteiger partial charge in [0.05, 0.1) is 12.6 Å². The van der Waals surface area contributed by atoms with E-state index in [0.29, 0.717) is 23.6 Å². The molecule has 2 bridgehead atoms. The molecule has 0 saturated carbocycles. The summed E-state index contributed by atoms with van der Waals surface area (Å²) in [4.78, 5) is 26.3. The first-order valence-corrected chi connectivity index (χ1v) is 8.91. The van der Waals surface area contributed by atoms with Gasteiger partial charge in [-0.15, -0.1) is 0 Å². The van der Waals surface area contributed by atoms with Gasteiger partial charge >= 0.3 is 6.09 Å². The first kappa shape index (κ1) is 17.0. The second-order valence-corrected chi connectivity index (χ2v) is 6.70. The van der Waals surface area contributed by atoms with Crippen LogP contribution in [0.1, 0.15) is 55.5 Å². The van der Waals surface area contributed by atoms with Crippen molar-refractivity contribution in [2.75, 3.05) is 6.61 Å². The van der Waals surface area contributed by atoms with Crippen LogP contribution in [0.4, 0.5) is 4.79 Å². The fraction of sp³-hybridized carbons (Fsp3) is 0.474. The van der Waals surface area contributed by atoms with Crippen molar-refractivity contribution in [2.24, 2.45) is 0 Å². The van der Waals surface area contributed by atoms with E-state index in [9.17, 15) is 9.59 Å². The molecule has 0 N–H and O–H groups in total. The molecule has 1 saturated heterocycles. The second-order valence-electron chi connectivity index (χ2n) is 6.27. The van der Waals surface area contributed by atoms with Gasteiger partial charge in [0.2, 0.25) is 0 Å². The summed E-state index contributed by atoms with van der Waals surface area (Å²) in [7, 11) is 0. The number of ketones is 1. The highest BCUT2D eigenvalue weighted by Gasteiger charge is 2.40. The van der Waals surface area contributed by atoms with Crippen LogP contribution in [0.15, 0.2) is 24.3 Å². The number of fused-ring (bicyclic) bond motifs is 2. The first-order valence-electron chi connectivity index (χ1n) is 8.54. The molecule has 2 atom stereocenters. The Kier molecular flexibility index (Phi) is 4.95. The van der Waals surface area contributed by atoms with Gasteiger partial charge in [-0.2, -0.15) is 0 Å². The summed E-state index contributed by atoms with van der Waals surface area (Å²) in [6, 6.07) is 5.70. The molecule has 24 heavy (non-hydrogen) atoms. The fourth-order valence-corrected chi connectivity index (χ4v) is 3.90. The number of carbonyl (C=O) groups is 2. The molecule has 1 fully saturated rings. The second kappa shape index (κ2) is 6.98. The summed E-state index contributed by atoms with van der Waals surface area (Å²) in [5.74, 6) is 0.0913. The third-order valence-electron chi connectivity index (χ3n) is 4.82. The molecule has 0 aliphatic carbocycles. The predicted octanol–water partition coefficient (Wildman–Crippen LogP) is 4.71. The van der Waals surface area contributed by atoms with E-state index in [4.69, 9.17) is 16.3 Å². The lowest BCUT2D eigenvalue weighted by atomic mass is 9.90. The molecule has 2 heterocycles. The number of carbonyl (C=O) groups excluding carboxylic acids is 2. The van der Waals surface area contributed by atoms with Gasteiger partial charge in [0.25, 0.3) is 0 Å². The van der Waals surface area contributed by atoms with E-state index in [2.05, 4.69) is 6.08 Å². The van der Waals surface area contributed by atoms with Crippen LogP contribution in [0.25, 0.3) is 5.57 Å². The van der Waals surface area contributed by atoms with E-state index in [-0.39, 0.29) is 24.0 Å². The molecule has 2 unspecified atom stereocenters. The Morgan fingerprint density at radius 3 is 2.75 bits per heavy atom. The van der Waals surface area contributed by atoms with Gasteiger partial charge in [0.15, 0.2) is 5.78 Å². The summed E-state index contributed by atoms with van der Waals surface area (Å²) in [5, 5.41) is 0.572. The van der Waals surface area contributed by atoms with E-state index in [0.717, 1.165) is 30.4 Å². The molecule has 0 radical (unpaired) electrons. The lowest BCUT2D eigenvalue weighted by Gasteiger charge is -2.33. The Labute approximate surface area is 147 Å². The van der Waals surface area contributed by atoms with Gasteiger partial charge in [-0.05, 0) is 49.5 Å². The Hall–Kier alpha value is -1.81. The Balaban J connectivity index is 1.94. The summed E-state index contributed by atoms with van der Waals surface area (Å²) < 4.78 is 5.18. The van der Waals surface area contributed by atoms with Crippen LogP contribution in [0.2, 0.25) is 5.02 Å². The largest absolute Gasteiger partial charge is 0.450 e. The number of amides is 1. The quantitative estimate of drug-likeness (QED) is 0.741. The van der Waals surface area contributed by atoms with E-state index in [1.165, 1.54) is 0 Å². The number of halogens is 1. The van der Waals surface area contributed by atoms with E-state index in [1.54, 1.807) is 6.07 Å². The smallest absolute Gasteiger partial charge is 0.410 e. The van der Waals surface area contributed by atoms with Crippen LogP contribution < -0.4 is 0 Å². The SMILES string of the molecule is CCOC(=O)N1C2C=C(c3ccc(Cl)cc3C(=O)CC)CC1CC2. The number of benzene rings is 1. The monoisotopic (exact) mass is 347 g/mol. The third-order valence-corrected chi connectivity index (χ3v) is 5.06. The van der Waals surface area contributed by atoms with Crippen molar-refractivity contribution in [3.8, 4) is 0 Å². The van der Waals surface area contributed by atoms with Gasteiger partial charge in [-0.3, -0.25) is 9.69 Å². The Morgan fingerprint density at radius 2 is 2.08 bits per heavy atom. The van der Waals surface area contributed by atoms with Gasteiger partial charge in [0.1, 0.15) is 0 Å². The molecule has 4 nitrogen and oxygen atoms in total. The maximum Gasteiger partial charge on any atom is 0.410 e. The van der Waals surface area contributed by atoms with Crippen LogP contribution in [0.5, 0.6) is 0 Å². The molecule has 1 aromatic rings. The number of Topliss-reactive ketones (excluding diaryl/α,β-unsaturated/α-hetero) is 1. The minimum Gasteiger partial charge on any atom is -0.450 e. The summed E-state index contributed by atoms with van der Waals surface area (Å²) in [6.07, 6.45) is 4.99. The topological polar surface area (TPSA) is 46.6 Å². The molecule has 0 aromatic heterocycles. The maximum atomic E-state index is 12.3. The van der Waals surface area contributed by atoms with Crippen molar-refractivity contribution in [1.82, 2.24) is 4.90 Å². The van der Waals surface area contributed by atoms with Crippen molar-refractivity contribution in [3.63, 3.8) is 0 Å². The van der Waals surface area contributed by atoms with Crippen LogP contribution in [-0.4, -0.2) is 35.5 Å². The van der Waals surface area contributed by atoms with Crippen LogP contribution in [0.3, 0.4) is 0 Å². The van der Waals surface area contributed by atoms with E-state index < -0.39 is 0 Å². The summed E-state index contributed by atoms with van der Waals surface area (Å²) in [6.45, 7) is 4.06. The van der Waals surface area contributed by atoms with Gasteiger partial charge < -0.3 is 4.74 Å². The molecule has 1 amide bonds. The Bertz CT molecular complexity index is 698. The van der Waals surface area contributed by atoms with Crippen LogP contribution in [-0.2, 0) is 4.74 Å². The lowest BCUT2D eigenvalue weighted by molar-refractivity contribution is 0.0930. The van der Waals surface area contributed by atoms with Crippen molar-refractivity contribution in [3.05, 3.63) is 40.4 Å². The van der Waals surface area contributed by atoms with Gasteiger partial charge in [-0.1, -0.05) is 30.7 Å². The number of hydrogen-bond acceptors (Lipinski definition) is 3. The zero-order chi connectivity index (χ0) is 17.3. The van der Waals surface area contributed by atoms with E-state index >= 15 is 0 Å². The molecule has 1 aromatic carbocycles.